The third kappa shape index (κ3) is 4.10. The number of aromatic nitrogens is 2. The van der Waals surface area contributed by atoms with E-state index in [1.165, 1.54) is 0 Å². The van der Waals surface area contributed by atoms with Crippen molar-refractivity contribution in [1.82, 2.24) is 15.0 Å². The molecule has 102 valence electrons. The number of hydrogen-bond donors (Lipinski definition) is 1. The predicted molar refractivity (Wildman–Crippen MR) is 66.2 cm³/mol. The normalized spacial score (nSPS) is 13.2. The van der Waals surface area contributed by atoms with Crippen LogP contribution >= 0.6 is 0 Å². The van der Waals surface area contributed by atoms with Gasteiger partial charge in [0.15, 0.2) is 5.82 Å². The maximum Gasteiger partial charge on any atom is 0.317 e. The molecule has 0 aliphatic carbocycles. The second kappa shape index (κ2) is 6.49. The molecule has 0 amide bonds. The lowest BCUT2D eigenvalue weighted by atomic mass is 10.2. The zero-order valence-corrected chi connectivity index (χ0v) is 11.4. The number of carboxylic acids is 1. The molecule has 0 aliphatic rings. The van der Waals surface area contributed by atoms with Gasteiger partial charge >= 0.3 is 5.97 Å². The third-order valence-corrected chi connectivity index (χ3v) is 2.87. The van der Waals surface area contributed by atoms with Gasteiger partial charge in [0.2, 0.25) is 5.89 Å². The van der Waals surface area contributed by atoms with E-state index in [4.69, 9.17) is 9.63 Å². The summed E-state index contributed by atoms with van der Waals surface area (Å²) in [4.78, 5) is 16.9. The van der Waals surface area contributed by atoms with Gasteiger partial charge in [-0.1, -0.05) is 25.9 Å². The second-order valence-electron chi connectivity index (χ2n) is 4.76. The quantitative estimate of drug-likeness (QED) is 0.801. The standard InChI is InChI=1S/C12H21N3O3/c1-5-9(4)15(7-11(16)17)6-10-13-12(8(2)3)18-14-10/h8-9H,5-7H2,1-4H3,(H,16,17). The van der Waals surface area contributed by atoms with Gasteiger partial charge in [-0.25, -0.2) is 0 Å². The van der Waals surface area contributed by atoms with E-state index in [0.717, 1.165) is 6.42 Å². The highest BCUT2D eigenvalue weighted by molar-refractivity contribution is 5.69. The van der Waals surface area contributed by atoms with E-state index in [-0.39, 0.29) is 18.5 Å². The number of aliphatic carboxylic acids is 1. The van der Waals surface area contributed by atoms with Crippen LogP contribution in [0, 0.1) is 0 Å². The maximum atomic E-state index is 10.8. The smallest absolute Gasteiger partial charge is 0.317 e. The molecular formula is C12H21N3O3. The van der Waals surface area contributed by atoms with Crippen LogP contribution in [0.5, 0.6) is 0 Å². The molecule has 6 heteroatoms. The molecule has 1 N–H and O–H groups in total. The van der Waals surface area contributed by atoms with E-state index in [1.807, 2.05) is 32.6 Å². The van der Waals surface area contributed by atoms with Crippen LogP contribution in [-0.2, 0) is 11.3 Å². The lowest BCUT2D eigenvalue weighted by molar-refractivity contribution is -0.139. The molecule has 1 unspecified atom stereocenters. The summed E-state index contributed by atoms with van der Waals surface area (Å²) in [6.45, 7) is 8.35. The first-order chi connectivity index (χ1) is 8.43. The minimum absolute atomic E-state index is 0.0133. The minimum atomic E-state index is -0.845. The zero-order chi connectivity index (χ0) is 13.7. The van der Waals surface area contributed by atoms with Gasteiger partial charge in [0, 0.05) is 12.0 Å². The summed E-state index contributed by atoms with van der Waals surface area (Å²) in [5, 5.41) is 12.8. The number of carbonyl (C=O) groups is 1. The van der Waals surface area contributed by atoms with Crippen molar-refractivity contribution in [3.8, 4) is 0 Å². The van der Waals surface area contributed by atoms with E-state index in [9.17, 15) is 4.79 Å². The van der Waals surface area contributed by atoms with Crippen LogP contribution in [0.1, 0.15) is 51.7 Å². The Balaban J connectivity index is 2.72. The Morgan fingerprint density at radius 2 is 2.11 bits per heavy atom. The van der Waals surface area contributed by atoms with E-state index in [1.54, 1.807) is 0 Å². The highest BCUT2D eigenvalue weighted by Gasteiger charge is 2.19. The van der Waals surface area contributed by atoms with Crippen LogP contribution in [-0.4, -0.2) is 38.7 Å². The van der Waals surface area contributed by atoms with E-state index < -0.39 is 5.97 Å². The first kappa shape index (κ1) is 14.6. The molecule has 6 nitrogen and oxygen atoms in total. The van der Waals surface area contributed by atoms with Crippen LogP contribution in [0.2, 0.25) is 0 Å². The largest absolute Gasteiger partial charge is 0.480 e. The molecule has 18 heavy (non-hydrogen) atoms. The molecule has 0 aliphatic heterocycles. The summed E-state index contributed by atoms with van der Waals surface area (Å²) in [5.41, 5.74) is 0. The Labute approximate surface area is 107 Å². The summed E-state index contributed by atoms with van der Waals surface area (Å²) in [7, 11) is 0. The molecule has 1 aromatic rings. The Bertz CT molecular complexity index is 390. The number of hydrogen-bond acceptors (Lipinski definition) is 5. The van der Waals surface area contributed by atoms with E-state index in [0.29, 0.717) is 18.3 Å². The highest BCUT2D eigenvalue weighted by atomic mass is 16.5. The zero-order valence-electron chi connectivity index (χ0n) is 11.4. The third-order valence-electron chi connectivity index (χ3n) is 2.87. The number of rotatable bonds is 7. The van der Waals surface area contributed by atoms with Gasteiger partial charge in [0.25, 0.3) is 0 Å². The lowest BCUT2D eigenvalue weighted by Gasteiger charge is -2.24. The average Bonchev–Trinajstić information content (AvgIpc) is 2.75. The molecule has 0 saturated carbocycles. The Morgan fingerprint density at radius 1 is 1.44 bits per heavy atom. The fourth-order valence-electron chi connectivity index (χ4n) is 1.55. The van der Waals surface area contributed by atoms with Crippen molar-refractivity contribution in [3.05, 3.63) is 11.7 Å². The van der Waals surface area contributed by atoms with Crippen LogP contribution in [0.15, 0.2) is 4.52 Å². The van der Waals surface area contributed by atoms with Gasteiger partial charge in [-0.05, 0) is 13.3 Å². The molecular weight excluding hydrogens is 234 g/mol. The van der Waals surface area contributed by atoms with Crippen LogP contribution in [0.4, 0.5) is 0 Å². The van der Waals surface area contributed by atoms with Gasteiger partial charge < -0.3 is 9.63 Å². The van der Waals surface area contributed by atoms with Gasteiger partial charge in [-0.15, -0.1) is 0 Å². The summed E-state index contributed by atoms with van der Waals surface area (Å²) < 4.78 is 5.11. The fraction of sp³-hybridized carbons (Fsp3) is 0.750. The van der Waals surface area contributed by atoms with Crippen molar-refractivity contribution < 1.29 is 14.4 Å². The molecule has 0 radical (unpaired) electrons. The van der Waals surface area contributed by atoms with Crippen molar-refractivity contribution >= 4 is 5.97 Å². The SMILES string of the molecule is CCC(C)N(CC(=O)O)Cc1noc(C(C)C)n1. The molecule has 1 aromatic heterocycles. The average molecular weight is 255 g/mol. The first-order valence-corrected chi connectivity index (χ1v) is 6.22. The first-order valence-electron chi connectivity index (χ1n) is 6.22. The van der Waals surface area contributed by atoms with Gasteiger partial charge in [-0.2, -0.15) is 4.98 Å². The highest BCUT2D eigenvalue weighted by Crippen LogP contribution is 2.13. The van der Waals surface area contributed by atoms with Crippen molar-refractivity contribution in [2.45, 2.75) is 52.6 Å². The number of carboxylic acid groups (broad SMARTS) is 1. The lowest BCUT2D eigenvalue weighted by Crippen LogP contribution is -2.36. The van der Waals surface area contributed by atoms with Crippen molar-refractivity contribution in [3.63, 3.8) is 0 Å². The summed E-state index contributed by atoms with van der Waals surface area (Å²) >= 11 is 0. The van der Waals surface area contributed by atoms with E-state index >= 15 is 0 Å². The van der Waals surface area contributed by atoms with Gasteiger partial charge in [0.05, 0.1) is 13.1 Å². The second-order valence-corrected chi connectivity index (χ2v) is 4.76. The van der Waals surface area contributed by atoms with Crippen LogP contribution in [0.3, 0.4) is 0 Å². The monoisotopic (exact) mass is 255 g/mol. The molecule has 0 aromatic carbocycles. The molecule has 1 rings (SSSR count). The fourth-order valence-corrected chi connectivity index (χ4v) is 1.55. The molecule has 1 atom stereocenters. The maximum absolute atomic E-state index is 10.8. The summed E-state index contributed by atoms with van der Waals surface area (Å²) in [5.74, 6) is 0.468. The number of nitrogens with zero attached hydrogens (tertiary/aromatic N) is 3. The molecule has 0 bridgehead atoms. The predicted octanol–water partition coefficient (Wildman–Crippen LogP) is 1.88. The molecule has 1 heterocycles. The van der Waals surface area contributed by atoms with Gasteiger partial charge in [0.1, 0.15) is 0 Å². The topological polar surface area (TPSA) is 79.5 Å². The van der Waals surface area contributed by atoms with Crippen molar-refractivity contribution in [2.75, 3.05) is 6.54 Å². The van der Waals surface area contributed by atoms with Crippen molar-refractivity contribution in [1.29, 1.82) is 0 Å². The Morgan fingerprint density at radius 3 is 2.56 bits per heavy atom. The van der Waals surface area contributed by atoms with Crippen molar-refractivity contribution in [2.24, 2.45) is 0 Å². The van der Waals surface area contributed by atoms with Gasteiger partial charge in [-0.3, -0.25) is 9.69 Å². The Hall–Kier alpha value is -1.43. The van der Waals surface area contributed by atoms with Crippen LogP contribution in [0.25, 0.3) is 0 Å². The summed E-state index contributed by atoms with van der Waals surface area (Å²) in [6.07, 6.45) is 0.877. The minimum Gasteiger partial charge on any atom is -0.480 e. The Kier molecular flexibility index (Phi) is 5.27. The van der Waals surface area contributed by atoms with Crippen LogP contribution < -0.4 is 0 Å². The molecule has 0 spiro atoms. The van der Waals surface area contributed by atoms with E-state index in [2.05, 4.69) is 10.1 Å². The summed E-state index contributed by atoms with van der Waals surface area (Å²) in [6, 6.07) is 0.169. The molecule has 0 saturated heterocycles. The molecule has 0 fully saturated rings.